The highest BCUT2D eigenvalue weighted by molar-refractivity contribution is 5.92. The van der Waals surface area contributed by atoms with Crippen molar-refractivity contribution in [3.8, 4) is 0 Å². The number of benzene rings is 1. The van der Waals surface area contributed by atoms with Crippen molar-refractivity contribution in [1.29, 1.82) is 0 Å². The van der Waals surface area contributed by atoms with Gasteiger partial charge in [0.1, 0.15) is 0 Å². The van der Waals surface area contributed by atoms with Gasteiger partial charge in [0.2, 0.25) is 5.91 Å². The Morgan fingerprint density at radius 3 is 2.80 bits per heavy atom. The van der Waals surface area contributed by atoms with Gasteiger partial charge in [-0.05, 0) is 11.6 Å². The molecule has 2 aromatic rings. The third-order valence-electron chi connectivity index (χ3n) is 2.79. The summed E-state index contributed by atoms with van der Waals surface area (Å²) in [6.45, 7) is 0.535. The zero-order valence-electron chi connectivity index (χ0n) is 10.8. The van der Waals surface area contributed by atoms with Crippen LogP contribution >= 0.6 is 0 Å². The number of carboxylic acids is 1. The molecule has 0 unspecified atom stereocenters. The maximum absolute atomic E-state index is 11.9. The average molecular weight is 273 g/mol. The zero-order valence-corrected chi connectivity index (χ0v) is 10.8. The Morgan fingerprint density at radius 1 is 1.30 bits per heavy atom. The highest BCUT2D eigenvalue weighted by atomic mass is 16.4. The average Bonchev–Trinajstić information content (AvgIpc) is 2.91. The summed E-state index contributed by atoms with van der Waals surface area (Å²) in [4.78, 5) is 26.5. The summed E-state index contributed by atoms with van der Waals surface area (Å²) in [5.41, 5.74) is 1.14. The van der Waals surface area contributed by atoms with E-state index in [0.29, 0.717) is 24.2 Å². The molecule has 1 amide bonds. The predicted octanol–water partition coefficient (Wildman–Crippen LogP) is 1.54. The van der Waals surface area contributed by atoms with Crippen molar-refractivity contribution in [2.45, 2.75) is 19.4 Å². The van der Waals surface area contributed by atoms with Crippen LogP contribution in [0.1, 0.15) is 12.0 Å². The summed E-state index contributed by atoms with van der Waals surface area (Å²) in [5, 5.41) is 11.6. The zero-order chi connectivity index (χ0) is 14.4. The third kappa shape index (κ3) is 3.94. The number of nitrogens with zero attached hydrogens (tertiary/aromatic N) is 2. The highest BCUT2D eigenvalue weighted by Crippen LogP contribution is 2.16. The topological polar surface area (TPSA) is 84.2 Å². The highest BCUT2D eigenvalue weighted by Gasteiger charge is 2.09. The van der Waals surface area contributed by atoms with Gasteiger partial charge in [0.05, 0.1) is 12.7 Å². The summed E-state index contributed by atoms with van der Waals surface area (Å²) >= 11 is 0. The summed E-state index contributed by atoms with van der Waals surface area (Å²) in [5.74, 6) is -1.08. The van der Waals surface area contributed by atoms with Gasteiger partial charge in [-0.1, -0.05) is 18.2 Å². The van der Waals surface area contributed by atoms with Crippen molar-refractivity contribution in [1.82, 2.24) is 9.55 Å². The number of aryl methyl sites for hydroxylation is 1. The Bertz CT molecular complexity index is 593. The van der Waals surface area contributed by atoms with E-state index >= 15 is 0 Å². The molecule has 1 aromatic heterocycles. The lowest BCUT2D eigenvalue weighted by Gasteiger charge is -2.09. The van der Waals surface area contributed by atoms with Crippen LogP contribution < -0.4 is 5.32 Å². The lowest BCUT2D eigenvalue weighted by molar-refractivity contribution is -0.136. The second-order valence-electron chi connectivity index (χ2n) is 4.33. The molecule has 104 valence electrons. The van der Waals surface area contributed by atoms with Gasteiger partial charge in [-0.3, -0.25) is 9.59 Å². The van der Waals surface area contributed by atoms with Gasteiger partial charge in [0.25, 0.3) is 0 Å². The molecule has 1 heterocycles. The van der Waals surface area contributed by atoms with Crippen LogP contribution in [-0.4, -0.2) is 26.5 Å². The molecular formula is C14H15N3O3. The first-order chi connectivity index (χ1) is 9.65. The second kappa shape index (κ2) is 6.51. The number of amides is 1. The summed E-state index contributed by atoms with van der Waals surface area (Å²) in [7, 11) is 0. The molecule has 20 heavy (non-hydrogen) atoms. The fraction of sp³-hybridized carbons (Fsp3) is 0.214. The molecule has 0 spiro atoms. The number of hydrogen-bond acceptors (Lipinski definition) is 3. The molecule has 0 radical (unpaired) electrons. The standard InChI is InChI=1S/C14H15N3O3/c18-13(5-7-17-8-6-15-10-17)16-12-4-2-1-3-11(12)9-14(19)20/h1-4,6,8,10H,5,7,9H2,(H,16,18)(H,19,20). The number of carbonyl (C=O) groups is 2. The van der Waals surface area contributed by atoms with E-state index in [1.807, 2.05) is 4.57 Å². The van der Waals surface area contributed by atoms with Gasteiger partial charge in [-0.15, -0.1) is 0 Å². The molecule has 0 aliphatic heterocycles. The third-order valence-corrected chi connectivity index (χ3v) is 2.79. The number of carbonyl (C=O) groups excluding carboxylic acids is 1. The minimum Gasteiger partial charge on any atom is -0.481 e. The van der Waals surface area contributed by atoms with Crippen molar-refractivity contribution in [2.75, 3.05) is 5.32 Å². The minimum absolute atomic E-state index is 0.113. The number of rotatable bonds is 6. The van der Waals surface area contributed by atoms with Crippen LogP contribution in [0.25, 0.3) is 0 Å². The first-order valence-electron chi connectivity index (χ1n) is 6.20. The van der Waals surface area contributed by atoms with Crippen molar-refractivity contribution in [3.63, 3.8) is 0 Å². The molecule has 0 bridgehead atoms. The first kappa shape index (κ1) is 13.8. The molecule has 6 heteroatoms. The van der Waals surface area contributed by atoms with E-state index in [1.54, 1.807) is 43.0 Å². The number of aromatic nitrogens is 2. The van der Waals surface area contributed by atoms with Crippen molar-refractivity contribution < 1.29 is 14.7 Å². The molecule has 0 saturated heterocycles. The number of hydrogen-bond donors (Lipinski definition) is 2. The van der Waals surface area contributed by atoms with Crippen LogP contribution in [0.3, 0.4) is 0 Å². The number of para-hydroxylation sites is 1. The number of carboxylic acid groups (broad SMARTS) is 1. The lowest BCUT2D eigenvalue weighted by Crippen LogP contribution is -2.16. The number of nitrogens with one attached hydrogen (secondary N) is 1. The van der Waals surface area contributed by atoms with Crippen LogP contribution in [0.4, 0.5) is 5.69 Å². The van der Waals surface area contributed by atoms with Crippen LogP contribution in [0.5, 0.6) is 0 Å². The van der Waals surface area contributed by atoms with E-state index in [1.165, 1.54) is 0 Å². The van der Waals surface area contributed by atoms with Crippen LogP contribution in [-0.2, 0) is 22.6 Å². The molecular weight excluding hydrogens is 258 g/mol. The summed E-state index contributed by atoms with van der Waals surface area (Å²) in [6.07, 6.45) is 5.27. The van der Waals surface area contributed by atoms with E-state index in [4.69, 9.17) is 5.11 Å². The van der Waals surface area contributed by atoms with E-state index in [-0.39, 0.29) is 12.3 Å². The Hall–Kier alpha value is -2.63. The fourth-order valence-corrected chi connectivity index (χ4v) is 1.82. The Labute approximate surface area is 116 Å². The Kier molecular flexibility index (Phi) is 4.49. The Morgan fingerprint density at radius 2 is 2.10 bits per heavy atom. The molecule has 2 rings (SSSR count). The maximum Gasteiger partial charge on any atom is 0.307 e. The van der Waals surface area contributed by atoms with E-state index < -0.39 is 5.97 Å². The largest absolute Gasteiger partial charge is 0.481 e. The molecule has 0 fully saturated rings. The minimum atomic E-state index is -0.926. The Balaban J connectivity index is 1.95. The van der Waals surface area contributed by atoms with Gasteiger partial charge in [-0.25, -0.2) is 4.98 Å². The molecule has 0 aliphatic carbocycles. The molecule has 2 N–H and O–H groups in total. The van der Waals surface area contributed by atoms with Crippen molar-refractivity contribution in [2.24, 2.45) is 0 Å². The molecule has 0 aliphatic rings. The normalized spacial score (nSPS) is 10.2. The monoisotopic (exact) mass is 273 g/mol. The van der Waals surface area contributed by atoms with Gasteiger partial charge in [-0.2, -0.15) is 0 Å². The summed E-state index contributed by atoms with van der Waals surface area (Å²) < 4.78 is 1.81. The van der Waals surface area contributed by atoms with Gasteiger partial charge in [0, 0.05) is 31.0 Å². The predicted molar refractivity (Wildman–Crippen MR) is 73.3 cm³/mol. The quantitative estimate of drug-likeness (QED) is 0.836. The number of imidazole rings is 1. The van der Waals surface area contributed by atoms with E-state index in [2.05, 4.69) is 10.3 Å². The van der Waals surface area contributed by atoms with Crippen LogP contribution in [0.15, 0.2) is 43.0 Å². The molecule has 0 saturated carbocycles. The SMILES string of the molecule is O=C(O)Cc1ccccc1NC(=O)CCn1ccnc1. The molecule has 6 nitrogen and oxygen atoms in total. The second-order valence-corrected chi connectivity index (χ2v) is 4.33. The summed E-state index contributed by atoms with van der Waals surface area (Å²) in [6, 6.07) is 6.91. The first-order valence-corrected chi connectivity index (χ1v) is 6.20. The lowest BCUT2D eigenvalue weighted by atomic mass is 10.1. The number of aliphatic carboxylic acids is 1. The fourth-order valence-electron chi connectivity index (χ4n) is 1.82. The van der Waals surface area contributed by atoms with Gasteiger partial charge >= 0.3 is 5.97 Å². The van der Waals surface area contributed by atoms with Gasteiger partial charge < -0.3 is 15.0 Å². The van der Waals surface area contributed by atoms with E-state index in [0.717, 1.165) is 0 Å². The van der Waals surface area contributed by atoms with Crippen molar-refractivity contribution >= 4 is 17.6 Å². The smallest absolute Gasteiger partial charge is 0.307 e. The van der Waals surface area contributed by atoms with Crippen LogP contribution in [0.2, 0.25) is 0 Å². The molecule has 1 aromatic carbocycles. The number of anilines is 1. The van der Waals surface area contributed by atoms with Gasteiger partial charge in [0.15, 0.2) is 0 Å². The van der Waals surface area contributed by atoms with Crippen molar-refractivity contribution in [3.05, 3.63) is 48.5 Å². The van der Waals surface area contributed by atoms with E-state index in [9.17, 15) is 9.59 Å². The maximum atomic E-state index is 11.9. The molecule has 0 atom stereocenters. The van der Waals surface area contributed by atoms with Crippen LogP contribution in [0, 0.1) is 0 Å².